The highest BCUT2D eigenvalue weighted by Crippen LogP contribution is 2.18. The van der Waals surface area contributed by atoms with Gasteiger partial charge in [0.05, 0.1) is 31.9 Å². The summed E-state index contributed by atoms with van der Waals surface area (Å²) in [6.45, 7) is 7.02. The molecule has 0 saturated carbocycles. The summed E-state index contributed by atoms with van der Waals surface area (Å²) in [5.41, 5.74) is -0.579. The summed E-state index contributed by atoms with van der Waals surface area (Å²) in [4.78, 5) is 24.3. The molecule has 0 bridgehead atoms. The summed E-state index contributed by atoms with van der Waals surface area (Å²) in [7, 11) is 0. The van der Waals surface area contributed by atoms with E-state index in [0.29, 0.717) is 26.2 Å². The van der Waals surface area contributed by atoms with E-state index >= 15 is 0 Å². The highest BCUT2D eigenvalue weighted by molar-refractivity contribution is 5.68. The molecular weight excluding hydrogens is 292 g/mol. The molecule has 3 unspecified atom stereocenters. The van der Waals surface area contributed by atoms with Gasteiger partial charge in [-0.1, -0.05) is 0 Å². The van der Waals surface area contributed by atoms with Crippen LogP contribution in [-0.4, -0.2) is 72.3 Å². The molecule has 22 heavy (non-hydrogen) atoms. The van der Waals surface area contributed by atoms with Gasteiger partial charge >= 0.3 is 12.2 Å². The number of nitrogens with zero attached hydrogens (tertiary/aromatic N) is 1. The van der Waals surface area contributed by atoms with E-state index in [1.54, 1.807) is 20.8 Å². The number of ether oxygens (including phenoxy) is 3. The number of nitrogens with one attached hydrogen (secondary N) is 1. The molecule has 8 nitrogen and oxygen atoms in total. The number of hydrogen-bond acceptors (Lipinski definition) is 5. The minimum atomic E-state index is -0.980. The Bertz CT molecular complexity index is 418. The van der Waals surface area contributed by atoms with Crippen LogP contribution in [0.1, 0.15) is 27.2 Å². The average molecular weight is 316 g/mol. The first-order valence-corrected chi connectivity index (χ1v) is 7.45. The topological polar surface area (TPSA) is 101 Å². The summed E-state index contributed by atoms with van der Waals surface area (Å²) in [6, 6.07) is -0.274. The SMILES string of the molecule is CC(C)(C)OC(=O)NC1CCN(C(=O)O)CC1OCC1CO1. The van der Waals surface area contributed by atoms with Gasteiger partial charge in [0.2, 0.25) is 0 Å². The third kappa shape index (κ3) is 5.34. The number of amides is 2. The molecule has 2 fully saturated rings. The Morgan fingerprint density at radius 3 is 2.64 bits per heavy atom. The molecule has 2 rings (SSSR count). The normalized spacial score (nSPS) is 28.1. The Morgan fingerprint density at radius 1 is 1.41 bits per heavy atom. The van der Waals surface area contributed by atoms with E-state index in [0.717, 1.165) is 0 Å². The molecule has 3 atom stereocenters. The summed E-state index contributed by atoms with van der Waals surface area (Å²) >= 11 is 0. The zero-order chi connectivity index (χ0) is 16.3. The first kappa shape index (κ1) is 16.8. The molecule has 2 aliphatic heterocycles. The van der Waals surface area contributed by atoms with Gasteiger partial charge in [-0.25, -0.2) is 9.59 Å². The third-order valence-corrected chi connectivity index (χ3v) is 3.43. The van der Waals surface area contributed by atoms with Crippen LogP contribution in [0.3, 0.4) is 0 Å². The van der Waals surface area contributed by atoms with Crippen molar-refractivity contribution in [3.8, 4) is 0 Å². The molecule has 0 spiro atoms. The van der Waals surface area contributed by atoms with Crippen LogP contribution in [0.25, 0.3) is 0 Å². The smallest absolute Gasteiger partial charge is 0.407 e. The van der Waals surface area contributed by atoms with Gasteiger partial charge in [-0.05, 0) is 27.2 Å². The van der Waals surface area contributed by atoms with Crippen LogP contribution in [0, 0.1) is 0 Å². The molecule has 0 radical (unpaired) electrons. The zero-order valence-corrected chi connectivity index (χ0v) is 13.2. The fourth-order valence-corrected chi connectivity index (χ4v) is 2.28. The maximum atomic E-state index is 11.9. The molecule has 0 aliphatic carbocycles. The van der Waals surface area contributed by atoms with Gasteiger partial charge in [0.15, 0.2) is 0 Å². The van der Waals surface area contributed by atoms with Crippen molar-refractivity contribution in [2.75, 3.05) is 26.3 Å². The van der Waals surface area contributed by atoms with Gasteiger partial charge in [-0.15, -0.1) is 0 Å². The molecule has 126 valence electrons. The van der Waals surface area contributed by atoms with Crippen molar-refractivity contribution in [3.05, 3.63) is 0 Å². The predicted molar refractivity (Wildman–Crippen MR) is 76.9 cm³/mol. The number of carboxylic acid groups (broad SMARTS) is 1. The van der Waals surface area contributed by atoms with Crippen LogP contribution >= 0.6 is 0 Å². The van der Waals surface area contributed by atoms with Crippen molar-refractivity contribution in [1.29, 1.82) is 0 Å². The van der Waals surface area contributed by atoms with Crippen LogP contribution < -0.4 is 5.32 Å². The highest BCUT2D eigenvalue weighted by Gasteiger charge is 2.35. The molecule has 0 aromatic heterocycles. The summed E-state index contributed by atoms with van der Waals surface area (Å²) in [5.74, 6) is 0. The summed E-state index contributed by atoms with van der Waals surface area (Å²) in [6.07, 6.45) is -1.32. The number of epoxide rings is 1. The van der Waals surface area contributed by atoms with Gasteiger partial charge in [0.25, 0.3) is 0 Å². The van der Waals surface area contributed by atoms with Crippen LogP contribution in [-0.2, 0) is 14.2 Å². The molecule has 2 amide bonds. The lowest BCUT2D eigenvalue weighted by molar-refractivity contribution is -0.0261. The number of likely N-dealkylation sites (tertiary alicyclic amines) is 1. The highest BCUT2D eigenvalue weighted by atomic mass is 16.6. The van der Waals surface area contributed by atoms with E-state index in [-0.39, 0.29) is 18.7 Å². The fourth-order valence-electron chi connectivity index (χ4n) is 2.28. The minimum Gasteiger partial charge on any atom is -0.465 e. The molecule has 0 aromatic rings. The number of hydrogen-bond donors (Lipinski definition) is 2. The van der Waals surface area contributed by atoms with Crippen molar-refractivity contribution >= 4 is 12.2 Å². The quantitative estimate of drug-likeness (QED) is 0.752. The molecular formula is C14H24N2O6. The molecule has 2 aliphatic rings. The van der Waals surface area contributed by atoms with Gasteiger partial charge in [-0.2, -0.15) is 0 Å². The number of rotatable bonds is 4. The van der Waals surface area contributed by atoms with E-state index in [9.17, 15) is 9.59 Å². The Morgan fingerprint density at radius 2 is 2.09 bits per heavy atom. The lowest BCUT2D eigenvalue weighted by atomic mass is 10.0. The van der Waals surface area contributed by atoms with Crippen molar-refractivity contribution < 1.29 is 28.9 Å². The molecule has 2 saturated heterocycles. The zero-order valence-electron chi connectivity index (χ0n) is 13.2. The lowest BCUT2D eigenvalue weighted by Gasteiger charge is -2.37. The summed E-state index contributed by atoms with van der Waals surface area (Å²) < 4.78 is 16.1. The van der Waals surface area contributed by atoms with Crippen molar-refractivity contribution in [3.63, 3.8) is 0 Å². The van der Waals surface area contributed by atoms with E-state index in [4.69, 9.17) is 19.3 Å². The van der Waals surface area contributed by atoms with E-state index in [2.05, 4.69) is 5.32 Å². The number of carbonyl (C=O) groups excluding carboxylic acids is 1. The number of piperidine rings is 1. The van der Waals surface area contributed by atoms with Crippen molar-refractivity contribution in [2.24, 2.45) is 0 Å². The number of carbonyl (C=O) groups is 2. The second-order valence-electron chi connectivity index (χ2n) is 6.60. The largest absolute Gasteiger partial charge is 0.465 e. The first-order chi connectivity index (χ1) is 10.2. The molecule has 8 heteroatoms. The monoisotopic (exact) mass is 316 g/mol. The molecule has 2 N–H and O–H groups in total. The van der Waals surface area contributed by atoms with Gasteiger partial charge in [-0.3, -0.25) is 0 Å². The Hall–Kier alpha value is -1.54. The van der Waals surface area contributed by atoms with E-state index in [1.165, 1.54) is 4.90 Å². The van der Waals surface area contributed by atoms with Gasteiger partial charge in [0, 0.05) is 6.54 Å². The minimum absolute atomic E-state index is 0.0855. The number of alkyl carbamates (subject to hydrolysis) is 1. The fraction of sp³-hybridized carbons (Fsp3) is 0.857. The predicted octanol–water partition coefficient (Wildman–Crippen LogP) is 1.05. The maximum Gasteiger partial charge on any atom is 0.407 e. The lowest BCUT2D eigenvalue weighted by Crippen LogP contribution is -2.56. The van der Waals surface area contributed by atoms with Gasteiger partial charge in [0.1, 0.15) is 11.7 Å². The second kappa shape index (κ2) is 6.70. The maximum absolute atomic E-state index is 11.9. The van der Waals surface area contributed by atoms with Crippen LogP contribution in [0.5, 0.6) is 0 Å². The first-order valence-electron chi connectivity index (χ1n) is 7.45. The van der Waals surface area contributed by atoms with Gasteiger partial charge < -0.3 is 29.5 Å². The molecule has 2 heterocycles. The van der Waals surface area contributed by atoms with Crippen molar-refractivity contribution in [2.45, 2.75) is 51.0 Å². The summed E-state index contributed by atoms with van der Waals surface area (Å²) in [5, 5.41) is 11.9. The van der Waals surface area contributed by atoms with Crippen LogP contribution in [0.4, 0.5) is 9.59 Å². The molecule has 0 aromatic carbocycles. The standard InChI is InChI=1S/C14H24N2O6/c1-14(2,3)22-12(17)15-10-4-5-16(13(18)19)6-11(10)21-8-9-7-20-9/h9-11H,4-8H2,1-3H3,(H,15,17)(H,18,19). The third-order valence-electron chi connectivity index (χ3n) is 3.43. The Kier molecular flexibility index (Phi) is 5.12. The van der Waals surface area contributed by atoms with E-state index < -0.39 is 23.9 Å². The van der Waals surface area contributed by atoms with Crippen LogP contribution in [0.2, 0.25) is 0 Å². The second-order valence-corrected chi connectivity index (χ2v) is 6.60. The Balaban J connectivity index is 1.90. The van der Waals surface area contributed by atoms with Crippen molar-refractivity contribution in [1.82, 2.24) is 10.2 Å². The van der Waals surface area contributed by atoms with E-state index in [1.807, 2.05) is 0 Å². The average Bonchev–Trinajstić information content (AvgIpc) is 3.19. The Labute approximate surface area is 129 Å². The van der Waals surface area contributed by atoms with Crippen LogP contribution in [0.15, 0.2) is 0 Å².